The molecule has 1 amide bonds. The molecule has 1 aliphatic carbocycles. The average Bonchev–Trinajstić information content (AvgIpc) is 2.94. The van der Waals surface area contributed by atoms with E-state index in [4.69, 9.17) is 10.3 Å². The Bertz CT molecular complexity index is 636. The van der Waals surface area contributed by atoms with Crippen molar-refractivity contribution in [2.24, 2.45) is 5.73 Å². The van der Waals surface area contributed by atoms with Gasteiger partial charge in [-0.2, -0.15) is 4.98 Å². The van der Waals surface area contributed by atoms with E-state index in [1.165, 1.54) is 6.20 Å². The number of nitrogens with two attached hydrogens (primary N) is 1. The van der Waals surface area contributed by atoms with Gasteiger partial charge >= 0.3 is 0 Å². The number of halogens is 1. The van der Waals surface area contributed by atoms with Crippen LogP contribution in [0.5, 0.6) is 0 Å². The molecule has 0 saturated heterocycles. The van der Waals surface area contributed by atoms with Gasteiger partial charge in [0.05, 0.1) is 11.1 Å². The zero-order valence-electron chi connectivity index (χ0n) is 11.5. The summed E-state index contributed by atoms with van der Waals surface area (Å²) in [5, 5.41) is 6.45. The highest BCUT2D eigenvalue weighted by molar-refractivity contribution is 5.92. The third-order valence-electron chi connectivity index (χ3n) is 3.59. The summed E-state index contributed by atoms with van der Waals surface area (Å²) < 4.78 is 5.22. The number of carbonyl (C=O) groups excluding carboxylic acids is 1. The number of rotatable bonds is 3. The Hall–Kier alpha value is -1.99. The molecule has 0 radical (unpaired) electrons. The number of hydrogen-bond donors (Lipinski definition) is 2. The molecular formula is C13H16ClN5O2. The van der Waals surface area contributed by atoms with Crippen LogP contribution in [0.1, 0.15) is 35.6 Å². The highest BCUT2D eigenvalue weighted by atomic mass is 35.5. The quantitative estimate of drug-likeness (QED) is 0.883. The van der Waals surface area contributed by atoms with E-state index in [1.807, 2.05) is 0 Å². The van der Waals surface area contributed by atoms with Crippen molar-refractivity contribution in [3.8, 4) is 11.5 Å². The van der Waals surface area contributed by atoms with Crippen LogP contribution in [0.2, 0.25) is 0 Å². The minimum Gasteiger partial charge on any atom is -0.354 e. The van der Waals surface area contributed by atoms with Gasteiger partial charge in [0.1, 0.15) is 5.69 Å². The molecule has 2 aromatic rings. The van der Waals surface area contributed by atoms with Crippen molar-refractivity contribution in [3.63, 3.8) is 0 Å². The zero-order chi connectivity index (χ0) is 14.2. The average molecular weight is 310 g/mol. The molecular weight excluding hydrogens is 294 g/mol. The van der Waals surface area contributed by atoms with E-state index in [0.717, 1.165) is 19.3 Å². The smallest absolute Gasteiger partial charge is 0.269 e. The number of nitrogens with zero attached hydrogens (tertiary/aromatic N) is 3. The van der Waals surface area contributed by atoms with Crippen LogP contribution in [0.4, 0.5) is 0 Å². The molecule has 0 bridgehead atoms. The second-order valence-corrected chi connectivity index (χ2v) is 4.94. The molecule has 0 atom stereocenters. The van der Waals surface area contributed by atoms with E-state index < -0.39 is 5.54 Å². The van der Waals surface area contributed by atoms with Crippen molar-refractivity contribution in [3.05, 3.63) is 29.8 Å². The summed E-state index contributed by atoms with van der Waals surface area (Å²) in [4.78, 5) is 19.8. The van der Waals surface area contributed by atoms with Crippen LogP contribution in [-0.2, 0) is 5.54 Å². The Morgan fingerprint density at radius 2 is 2.19 bits per heavy atom. The highest BCUT2D eigenvalue weighted by Crippen LogP contribution is 2.37. The molecule has 0 spiro atoms. The van der Waals surface area contributed by atoms with Crippen LogP contribution in [0.25, 0.3) is 11.5 Å². The zero-order valence-corrected chi connectivity index (χ0v) is 12.3. The number of hydrogen-bond acceptors (Lipinski definition) is 6. The van der Waals surface area contributed by atoms with E-state index in [2.05, 4.69) is 20.4 Å². The van der Waals surface area contributed by atoms with Gasteiger partial charge in [0.15, 0.2) is 5.82 Å². The predicted octanol–water partition coefficient (Wildman–Crippen LogP) is 1.25. The van der Waals surface area contributed by atoms with Crippen molar-refractivity contribution < 1.29 is 9.32 Å². The van der Waals surface area contributed by atoms with E-state index in [0.29, 0.717) is 23.0 Å². The lowest BCUT2D eigenvalue weighted by Crippen LogP contribution is -2.44. The number of pyridine rings is 1. The molecule has 0 unspecified atom stereocenters. The van der Waals surface area contributed by atoms with Gasteiger partial charge in [-0.25, -0.2) is 0 Å². The summed E-state index contributed by atoms with van der Waals surface area (Å²) in [6.07, 6.45) is 4.37. The first-order valence-corrected chi connectivity index (χ1v) is 6.44. The van der Waals surface area contributed by atoms with Gasteiger partial charge in [0.25, 0.3) is 11.8 Å². The number of carbonyl (C=O) groups is 1. The maximum atomic E-state index is 11.4. The summed E-state index contributed by atoms with van der Waals surface area (Å²) in [7, 11) is 1.56. The fourth-order valence-electron chi connectivity index (χ4n) is 2.11. The minimum absolute atomic E-state index is 0. The van der Waals surface area contributed by atoms with Crippen LogP contribution in [-0.4, -0.2) is 28.1 Å². The highest BCUT2D eigenvalue weighted by Gasteiger charge is 2.39. The predicted molar refractivity (Wildman–Crippen MR) is 77.9 cm³/mol. The summed E-state index contributed by atoms with van der Waals surface area (Å²) in [6.45, 7) is 0. The SMILES string of the molecule is CNC(=O)c1ccc(-c2nc(C3(N)CCC3)no2)cn1.Cl. The maximum absolute atomic E-state index is 11.4. The summed E-state index contributed by atoms with van der Waals surface area (Å²) >= 11 is 0. The molecule has 3 N–H and O–H groups in total. The van der Waals surface area contributed by atoms with Crippen LogP contribution in [0.3, 0.4) is 0 Å². The fraction of sp³-hybridized carbons (Fsp3) is 0.385. The van der Waals surface area contributed by atoms with Gasteiger partial charge < -0.3 is 15.6 Å². The molecule has 1 aliphatic rings. The van der Waals surface area contributed by atoms with Crippen molar-refractivity contribution >= 4 is 18.3 Å². The van der Waals surface area contributed by atoms with Gasteiger partial charge in [0, 0.05) is 13.2 Å². The molecule has 1 saturated carbocycles. The topological polar surface area (TPSA) is 107 Å². The molecule has 0 aromatic carbocycles. The van der Waals surface area contributed by atoms with Gasteiger partial charge in [-0.05, 0) is 31.4 Å². The van der Waals surface area contributed by atoms with Gasteiger partial charge in [-0.15, -0.1) is 12.4 Å². The minimum atomic E-state index is -0.447. The molecule has 112 valence electrons. The standard InChI is InChI=1S/C13H15N5O2.ClH/c1-15-10(19)9-4-3-8(7-16-9)11-17-12(18-20-11)13(14)5-2-6-13;/h3-4,7H,2,5-6,14H2,1H3,(H,15,19);1H. The first-order chi connectivity index (χ1) is 9.62. The number of amides is 1. The van der Waals surface area contributed by atoms with Crippen LogP contribution >= 0.6 is 12.4 Å². The van der Waals surface area contributed by atoms with Gasteiger partial charge in [-0.3, -0.25) is 9.78 Å². The summed E-state index contributed by atoms with van der Waals surface area (Å²) in [5.74, 6) is 0.667. The van der Waals surface area contributed by atoms with E-state index >= 15 is 0 Å². The third-order valence-corrected chi connectivity index (χ3v) is 3.59. The van der Waals surface area contributed by atoms with Gasteiger partial charge in [-0.1, -0.05) is 5.16 Å². The van der Waals surface area contributed by atoms with Gasteiger partial charge in [0.2, 0.25) is 0 Å². The molecule has 2 heterocycles. The Morgan fingerprint density at radius 3 is 2.71 bits per heavy atom. The molecule has 3 rings (SSSR count). The molecule has 1 fully saturated rings. The normalized spacial score (nSPS) is 15.7. The lowest BCUT2D eigenvalue weighted by atomic mass is 9.77. The lowest BCUT2D eigenvalue weighted by Gasteiger charge is -2.34. The first-order valence-electron chi connectivity index (χ1n) is 6.44. The number of nitrogens with one attached hydrogen (secondary N) is 1. The lowest BCUT2D eigenvalue weighted by molar-refractivity contribution is 0.0958. The summed E-state index contributed by atoms with van der Waals surface area (Å²) in [5.41, 5.74) is 6.70. The molecule has 7 nitrogen and oxygen atoms in total. The monoisotopic (exact) mass is 309 g/mol. The van der Waals surface area contributed by atoms with E-state index in [1.54, 1.807) is 19.2 Å². The second kappa shape index (κ2) is 5.79. The largest absolute Gasteiger partial charge is 0.354 e. The van der Waals surface area contributed by atoms with Crippen molar-refractivity contribution in [2.45, 2.75) is 24.8 Å². The summed E-state index contributed by atoms with van der Waals surface area (Å²) in [6, 6.07) is 3.33. The van der Waals surface area contributed by atoms with E-state index in [9.17, 15) is 4.79 Å². The van der Waals surface area contributed by atoms with Crippen LogP contribution in [0.15, 0.2) is 22.9 Å². The molecule has 8 heteroatoms. The Morgan fingerprint density at radius 1 is 1.43 bits per heavy atom. The fourth-order valence-corrected chi connectivity index (χ4v) is 2.11. The van der Waals surface area contributed by atoms with Crippen LogP contribution < -0.4 is 11.1 Å². The van der Waals surface area contributed by atoms with E-state index in [-0.39, 0.29) is 18.3 Å². The third kappa shape index (κ3) is 2.74. The Kier molecular flexibility index (Phi) is 4.24. The molecule has 2 aromatic heterocycles. The van der Waals surface area contributed by atoms with Crippen molar-refractivity contribution in [2.75, 3.05) is 7.05 Å². The van der Waals surface area contributed by atoms with Crippen molar-refractivity contribution in [1.82, 2.24) is 20.4 Å². The first kappa shape index (κ1) is 15.4. The van der Waals surface area contributed by atoms with Crippen molar-refractivity contribution in [1.29, 1.82) is 0 Å². The molecule has 0 aliphatic heterocycles. The second-order valence-electron chi connectivity index (χ2n) is 4.94. The Balaban J connectivity index is 0.00000161. The molecule has 21 heavy (non-hydrogen) atoms. The maximum Gasteiger partial charge on any atom is 0.269 e. The number of aromatic nitrogens is 3. The van der Waals surface area contributed by atoms with Crippen LogP contribution in [0, 0.1) is 0 Å². The Labute approximate surface area is 127 Å².